The summed E-state index contributed by atoms with van der Waals surface area (Å²) in [5.41, 5.74) is 3.67. The Morgan fingerprint density at radius 1 is 1.05 bits per heavy atom. The van der Waals surface area contributed by atoms with E-state index >= 15 is 0 Å². The van der Waals surface area contributed by atoms with Crippen LogP contribution in [-0.2, 0) is 6.54 Å². The molecule has 0 radical (unpaired) electrons. The third-order valence-corrected chi connectivity index (χ3v) is 3.35. The lowest BCUT2D eigenvalue weighted by Gasteiger charge is -2.07. The van der Waals surface area contributed by atoms with E-state index in [0.29, 0.717) is 12.1 Å². The summed E-state index contributed by atoms with van der Waals surface area (Å²) in [7, 11) is 1.81. The molecule has 3 heteroatoms. The molecule has 0 aliphatic carbocycles. The van der Waals surface area contributed by atoms with Crippen molar-refractivity contribution in [3.05, 3.63) is 66.1 Å². The van der Waals surface area contributed by atoms with Crippen LogP contribution in [0.1, 0.15) is 5.56 Å². The van der Waals surface area contributed by atoms with Crippen molar-refractivity contribution in [2.75, 3.05) is 7.05 Å². The molecule has 0 unspecified atom stereocenters. The van der Waals surface area contributed by atoms with E-state index in [1.165, 1.54) is 6.07 Å². The molecule has 2 nitrogen and oxygen atoms in total. The van der Waals surface area contributed by atoms with Crippen molar-refractivity contribution in [1.29, 1.82) is 0 Å². The highest BCUT2D eigenvalue weighted by molar-refractivity contribution is 5.84. The van der Waals surface area contributed by atoms with Crippen molar-refractivity contribution in [2.24, 2.45) is 0 Å². The molecule has 3 aromatic rings. The summed E-state index contributed by atoms with van der Waals surface area (Å²) < 4.78 is 13.7. The number of hydrogen-bond acceptors (Lipinski definition) is 2. The van der Waals surface area contributed by atoms with E-state index in [1.54, 1.807) is 12.3 Å². The van der Waals surface area contributed by atoms with Gasteiger partial charge in [-0.3, -0.25) is 4.98 Å². The van der Waals surface area contributed by atoms with E-state index in [4.69, 9.17) is 0 Å². The number of halogens is 1. The smallest absolute Gasteiger partial charge is 0.127 e. The van der Waals surface area contributed by atoms with Crippen LogP contribution >= 0.6 is 0 Å². The summed E-state index contributed by atoms with van der Waals surface area (Å²) in [5.74, 6) is -0.179. The number of aromatic nitrogens is 1. The van der Waals surface area contributed by atoms with Gasteiger partial charge in [0, 0.05) is 23.7 Å². The lowest BCUT2D eigenvalue weighted by atomic mass is 10.0. The molecule has 0 saturated heterocycles. The highest BCUT2D eigenvalue weighted by Gasteiger charge is 2.05. The largest absolute Gasteiger partial charge is 0.316 e. The zero-order chi connectivity index (χ0) is 13.9. The Hall–Kier alpha value is -2.26. The van der Waals surface area contributed by atoms with Crippen molar-refractivity contribution < 1.29 is 4.39 Å². The molecule has 0 amide bonds. The molecule has 0 bridgehead atoms. The highest BCUT2D eigenvalue weighted by Crippen LogP contribution is 2.25. The minimum Gasteiger partial charge on any atom is -0.316 e. The number of hydrogen-bond donors (Lipinski definition) is 1. The van der Waals surface area contributed by atoms with Gasteiger partial charge in [0.05, 0.1) is 5.52 Å². The molecule has 1 aromatic heterocycles. The molecule has 1 heterocycles. The molecule has 1 N–H and O–H groups in total. The van der Waals surface area contributed by atoms with Gasteiger partial charge >= 0.3 is 0 Å². The van der Waals surface area contributed by atoms with Crippen LogP contribution < -0.4 is 5.32 Å². The maximum absolute atomic E-state index is 13.7. The minimum atomic E-state index is -0.179. The Morgan fingerprint density at radius 2 is 1.85 bits per heavy atom. The summed E-state index contributed by atoms with van der Waals surface area (Å²) >= 11 is 0. The van der Waals surface area contributed by atoms with Crippen molar-refractivity contribution in [3.63, 3.8) is 0 Å². The van der Waals surface area contributed by atoms with E-state index in [-0.39, 0.29) is 5.82 Å². The second-order valence-corrected chi connectivity index (χ2v) is 4.75. The fraction of sp³-hybridized carbons (Fsp3) is 0.118. The van der Waals surface area contributed by atoms with Gasteiger partial charge in [0.15, 0.2) is 0 Å². The topological polar surface area (TPSA) is 24.9 Å². The Morgan fingerprint density at radius 3 is 2.70 bits per heavy atom. The Kier molecular flexibility index (Phi) is 3.44. The summed E-state index contributed by atoms with van der Waals surface area (Å²) in [4.78, 5) is 4.36. The molecule has 0 saturated carbocycles. The third kappa shape index (κ3) is 2.40. The fourth-order valence-corrected chi connectivity index (χ4v) is 2.33. The zero-order valence-electron chi connectivity index (χ0n) is 11.2. The van der Waals surface area contributed by atoms with Crippen LogP contribution in [0.4, 0.5) is 4.39 Å². The molecule has 0 aliphatic rings. The van der Waals surface area contributed by atoms with Crippen LogP contribution in [0.15, 0.2) is 54.7 Å². The van der Waals surface area contributed by atoms with E-state index in [2.05, 4.69) is 10.3 Å². The zero-order valence-corrected chi connectivity index (χ0v) is 11.2. The third-order valence-electron chi connectivity index (χ3n) is 3.35. The molecule has 3 rings (SSSR count). The van der Waals surface area contributed by atoms with E-state index < -0.39 is 0 Å². The Balaban J connectivity index is 2.08. The predicted molar refractivity (Wildman–Crippen MR) is 79.9 cm³/mol. The van der Waals surface area contributed by atoms with Gasteiger partial charge in [-0.05, 0) is 42.4 Å². The summed E-state index contributed by atoms with van der Waals surface area (Å²) in [6, 6.07) is 15.3. The van der Waals surface area contributed by atoms with Crippen LogP contribution in [0.25, 0.3) is 22.0 Å². The maximum atomic E-state index is 13.7. The van der Waals surface area contributed by atoms with Gasteiger partial charge in [-0.15, -0.1) is 0 Å². The molecular formula is C17H15FN2. The number of nitrogens with zero attached hydrogens (tertiary/aromatic N) is 1. The van der Waals surface area contributed by atoms with Gasteiger partial charge in [0.1, 0.15) is 5.82 Å². The van der Waals surface area contributed by atoms with E-state index in [0.717, 1.165) is 22.0 Å². The van der Waals surface area contributed by atoms with Crippen LogP contribution in [0.5, 0.6) is 0 Å². The van der Waals surface area contributed by atoms with E-state index in [1.807, 2.05) is 43.4 Å². The van der Waals surface area contributed by atoms with Gasteiger partial charge in [0.25, 0.3) is 0 Å². The van der Waals surface area contributed by atoms with Crippen molar-refractivity contribution in [3.8, 4) is 11.1 Å². The summed E-state index contributed by atoms with van der Waals surface area (Å²) in [6.07, 6.45) is 1.78. The van der Waals surface area contributed by atoms with Crippen molar-refractivity contribution >= 4 is 10.9 Å². The van der Waals surface area contributed by atoms with Gasteiger partial charge in [-0.1, -0.05) is 24.3 Å². The second-order valence-electron chi connectivity index (χ2n) is 4.75. The normalized spacial score (nSPS) is 10.9. The van der Waals surface area contributed by atoms with Crippen molar-refractivity contribution in [2.45, 2.75) is 6.54 Å². The number of nitrogens with one attached hydrogen (secondary N) is 1. The molecular weight excluding hydrogens is 251 g/mol. The predicted octanol–water partition coefficient (Wildman–Crippen LogP) is 3.76. The number of pyridine rings is 1. The lowest BCUT2D eigenvalue weighted by molar-refractivity contribution is 0.601. The van der Waals surface area contributed by atoms with E-state index in [9.17, 15) is 4.39 Å². The Bertz CT molecular complexity index is 753. The molecule has 0 atom stereocenters. The summed E-state index contributed by atoms with van der Waals surface area (Å²) in [6.45, 7) is 0.519. The lowest BCUT2D eigenvalue weighted by Crippen LogP contribution is -2.07. The average molecular weight is 266 g/mol. The van der Waals surface area contributed by atoms with Crippen LogP contribution in [-0.4, -0.2) is 12.0 Å². The number of fused-ring (bicyclic) bond motifs is 1. The SMILES string of the molecule is CNCc1cc(-c2ccc3cccnc3c2)ccc1F. The molecule has 0 fully saturated rings. The number of benzene rings is 2. The van der Waals surface area contributed by atoms with Crippen LogP contribution in [0.3, 0.4) is 0 Å². The minimum absolute atomic E-state index is 0.179. The van der Waals surface area contributed by atoms with Crippen molar-refractivity contribution in [1.82, 2.24) is 10.3 Å². The average Bonchev–Trinajstić information content (AvgIpc) is 2.49. The molecule has 20 heavy (non-hydrogen) atoms. The standard InChI is InChI=1S/C17H15FN2/c1-19-11-15-9-13(6-7-16(15)18)14-5-4-12-3-2-8-20-17(12)10-14/h2-10,19H,11H2,1H3. The maximum Gasteiger partial charge on any atom is 0.127 e. The first-order valence-electron chi connectivity index (χ1n) is 6.56. The van der Waals surface area contributed by atoms with Crippen LogP contribution in [0.2, 0.25) is 0 Å². The molecule has 100 valence electrons. The van der Waals surface area contributed by atoms with Gasteiger partial charge in [-0.25, -0.2) is 4.39 Å². The number of rotatable bonds is 3. The Labute approximate surface area is 117 Å². The second kappa shape index (κ2) is 5.39. The highest BCUT2D eigenvalue weighted by atomic mass is 19.1. The first kappa shape index (κ1) is 12.8. The van der Waals surface area contributed by atoms with Gasteiger partial charge in [-0.2, -0.15) is 0 Å². The first-order valence-corrected chi connectivity index (χ1v) is 6.56. The monoisotopic (exact) mass is 266 g/mol. The molecule has 0 spiro atoms. The van der Waals surface area contributed by atoms with Crippen LogP contribution in [0, 0.1) is 5.82 Å². The molecule has 0 aliphatic heterocycles. The molecule has 2 aromatic carbocycles. The fourth-order valence-electron chi connectivity index (χ4n) is 2.33. The van der Waals surface area contributed by atoms with Gasteiger partial charge < -0.3 is 5.32 Å². The first-order chi connectivity index (χ1) is 9.78. The summed E-state index contributed by atoms with van der Waals surface area (Å²) in [5, 5.41) is 4.09. The quantitative estimate of drug-likeness (QED) is 0.780. The van der Waals surface area contributed by atoms with Gasteiger partial charge in [0.2, 0.25) is 0 Å².